The molecule has 0 radical (unpaired) electrons. The fourth-order valence-corrected chi connectivity index (χ4v) is 1.98. The number of pyridine rings is 1. The molecule has 0 aliphatic carbocycles. The fraction of sp³-hybridized carbons (Fsp3) is 0.375. The van der Waals surface area contributed by atoms with E-state index in [4.69, 9.17) is 9.47 Å². The van der Waals surface area contributed by atoms with Crippen molar-refractivity contribution in [2.45, 2.75) is 33.3 Å². The minimum Gasteiger partial charge on any atom is -0.476 e. The summed E-state index contributed by atoms with van der Waals surface area (Å²) in [6.07, 6.45) is 1.76. The highest BCUT2D eigenvalue weighted by atomic mass is 16.6. The number of hydrogen-bond acceptors (Lipinski definition) is 4. The van der Waals surface area contributed by atoms with Gasteiger partial charge in [-0.15, -0.1) is 0 Å². The van der Waals surface area contributed by atoms with Crippen LogP contribution in [0.2, 0.25) is 0 Å². The van der Waals surface area contributed by atoms with Crippen molar-refractivity contribution in [1.29, 1.82) is 0 Å². The molecule has 2 rings (SSSR count). The molecular weight excluding hydrogens is 254 g/mol. The summed E-state index contributed by atoms with van der Waals surface area (Å²) in [6, 6.07) is 7.60. The van der Waals surface area contributed by atoms with Gasteiger partial charge in [-0.3, -0.25) is 4.98 Å². The molecule has 0 spiro atoms. The van der Waals surface area contributed by atoms with E-state index in [1.165, 1.54) is 0 Å². The van der Waals surface area contributed by atoms with Crippen LogP contribution in [-0.4, -0.2) is 23.2 Å². The summed E-state index contributed by atoms with van der Waals surface area (Å²) < 4.78 is 10.8. The van der Waals surface area contributed by atoms with Crippen LogP contribution in [0.5, 0.6) is 5.75 Å². The van der Waals surface area contributed by atoms with Gasteiger partial charge in [-0.05, 0) is 51.5 Å². The molecule has 1 aromatic carbocycles. The van der Waals surface area contributed by atoms with Gasteiger partial charge in [0.2, 0.25) is 0 Å². The maximum atomic E-state index is 11.8. The molecule has 2 aromatic rings. The Bertz CT molecular complexity index is 635. The second-order valence-electron chi connectivity index (χ2n) is 5.14. The summed E-state index contributed by atoms with van der Waals surface area (Å²) in [6.45, 7) is 7.53. The molecule has 0 aliphatic rings. The van der Waals surface area contributed by atoms with Gasteiger partial charge in [0.15, 0.2) is 5.60 Å². The van der Waals surface area contributed by atoms with E-state index in [-0.39, 0.29) is 5.97 Å². The summed E-state index contributed by atoms with van der Waals surface area (Å²) >= 11 is 0. The van der Waals surface area contributed by atoms with E-state index in [1.54, 1.807) is 27.0 Å². The summed E-state index contributed by atoms with van der Waals surface area (Å²) in [7, 11) is 0. The van der Waals surface area contributed by atoms with Crippen molar-refractivity contribution < 1.29 is 14.3 Å². The van der Waals surface area contributed by atoms with Gasteiger partial charge >= 0.3 is 5.97 Å². The first-order valence-corrected chi connectivity index (χ1v) is 6.65. The van der Waals surface area contributed by atoms with Gasteiger partial charge in [0.1, 0.15) is 5.75 Å². The Morgan fingerprint density at radius 2 is 2.05 bits per heavy atom. The third kappa shape index (κ3) is 2.90. The third-order valence-corrected chi connectivity index (χ3v) is 3.07. The molecule has 0 bridgehead atoms. The Balaban J connectivity index is 2.28. The number of hydrogen-bond donors (Lipinski definition) is 0. The van der Waals surface area contributed by atoms with Gasteiger partial charge < -0.3 is 9.47 Å². The highest BCUT2D eigenvalue weighted by Gasteiger charge is 2.31. The third-order valence-electron chi connectivity index (χ3n) is 3.07. The first kappa shape index (κ1) is 14.3. The SMILES string of the molecule is CCOC(=O)C(C)(C)Oc1ccc2c(C)ccnc2c1. The number of esters is 1. The molecule has 4 heteroatoms. The lowest BCUT2D eigenvalue weighted by atomic mass is 10.1. The van der Waals surface area contributed by atoms with Crippen LogP contribution >= 0.6 is 0 Å². The number of nitrogens with zero attached hydrogens (tertiary/aromatic N) is 1. The molecule has 0 amide bonds. The van der Waals surface area contributed by atoms with Gasteiger partial charge in [-0.2, -0.15) is 0 Å². The Kier molecular flexibility index (Phi) is 3.93. The first-order valence-electron chi connectivity index (χ1n) is 6.65. The van der Waals surface area contributed by atoms with E-state index < -0.39 is 5.60 Å². The zero-order valence-corrected chi connectivity index (χ0v) is 12.3. The lowest BCUT2D eigenvalue weighted by molar-refractivity contribution is -0.158. The van der Waals surface area contributed by atoms with Crippen LogP contribution in [-0.2, 0) is 9.53 Å². The summed E-state index contributed by atoms with van der Waals surface area (Å²) in [5, 5.41) is 1.08. The molecule has 0 aliphatic heterocycles. The molecule has 0 saturated carbocycles. The van der Waals surface area contributed by atoms with E-state index in [1.807, 2.05) is 31.2 Å². The van der Waals surface area contributed by atoms with E-state index in [0.29, 0.717) is 12.4 Å². The van der Waals surface area contributed by atoms with Crippen molar-refractivity contribution in [3.63, 3.8) is 0 Å². The van der Waals surface area contributed by atoms with E-state index >= 15 is 0 Å². The molecule has 0 fully saturated rings. The summed E-state index contributed by atoms with van der Waals surface area (Å²) in [4.78, 5) is 16.1. The van der Waals surface area contributed by atoms with Gasteiger partial charge in [0.05, 0.1) is 12.1 Å². The maximum absolute atomic E-state index is 11.8. The zero-order chi connectivity index (χ0) is 14.8. The Morgan fingerprint density at radius 3 is 2.75 bits per heavy atom. The van der Waals surface area contributed by atoms with Crippen LogP contribution < -0.4 is 4.74 Å². The van der Waals surface area contributed by atoms with Crippen LogP contribution in [0.15, 0.2) is 30.5 Å². The Hall–Kier alpha value is -2.10. The lowest BCUT2D eigenvalue weighted by Gasteiger charge is -2.24. The molecule has 0 saturated heterocycles. The van der Waals surface area contributed by atoms with Gasteiger partial charge in [0.25, 0.3) is 0 Å². The van der Waals surface area contributed by atoms with Gasteiger partial charge in [0, 0.05) is 17.6 Å². The average Bonchev–Trinajstić information content (AvgIpc) is 2.38. The predicted octanol–water partition coefficient (Wildman–Crippen LogP) is 3.26. The van der Waals surface area contributed by atoms with Crippen LogP contribution in [0.4, 0.5) is 0 Å². The molecule has 0 atom stereocenters. The highest BCUT2D eigenvalue weighted by Crippen LogP contribution is 2.25. The number of carbonyl (C=O) groups excluding carboxylic acids is 1. The highest BCUT2D eigenvalue weighted by molar-refractivity contribution is 5.83. The standard InChI is InChI=1S/C16H19NO3/c1-5-19-15(18)16(3,4)20-12-6-7-13-11(2)8-9-17-14(13)10-12/h6-10H,5H2,1-4H3. The number of ether oxygens (including phenoxy) is 2. The van der Waals surface area contributed by atoms with Gasteiger partial charge in [-0.25, -0.2) is 4.79 Å². The monoisotopic (exact) mass is 273 g/mol. The van der Waals surface area contributed by atoms with E-state index in [0.717, 1.165) is 16.5 Å². The van der Waals surface area contributed by atoms with Crippen molar-refractivity contribution in [2.24, 2.45) is 0 Å². The molecule has 106 valence electrons. The molecule has 1 heterocycles. The molecule has 1 aromatic heterocycles. The van der Waals surface area contributed by atoms with E-state index in [9.17, 15) is 4.79 Å². The van der Waals surface area contributed by atoms with Crippen molar-refractivity contribution in [1.82, 2.24) is 4.98 Å². The lowest BCUT2D eigenvalue weighted by Crippen LogP contribution is -2.39. The van der Waals surface area contributed by atoms with Crippen LogP contribution in [0, 0.1) is 6.92 Å². The Labute approximate surface area is 118 Å². The van der Waals surface area contributed by atoms with Crippen LogP contribution in [0.3, 0.4) is 0 Å². The van der Waals surface area contributed by atoms with E-state index in [2.05, 4.69) is 4.98 Å². The van der Waals surface area contributed by atoms with Gasteiger partial charge in [-0.1, -0.05) is 0 Å². The topological polar surface area (TPSA) is 48.4 Å². The van der Waals surface area contributed by atoms with Crippen molar-refractivity contribution in [3.8, 4) is 5.75 Å². The minimum absolute atomic E-state index is 0.337. The quantitative estimate of drug-likeness (QED) is 0.802. The number of rotatable bonds is 4. The number of aromatic nitrogens is 1. The van der Waals surface area contributed by atoms with Crippen molar-refractivity contribution in [2.75, 3.05) is 6.61 Å². The maximum Gasteiger partial charge on any atom is 0.349 e. The number of carbonyl (C=O) groups is 1. The molecular formula is C16H19NO3. The minimum atomic E-state index is -1.02. The number of aryl methyl sites for hydroxylation is 1. The summed E-state index contributed by atoms with van der Waals surface area (Å²) in [5.74, 6) is 0.228. The second kappa shape index (κ2) is 5.49. The molecule has 4 nitrogen and oxygen atoms in total. The first-order chi connectivity index (χ1) is 9.44. The number of benzene rings is 1. The summed E-state index contributed by atoms with van der Waals surface area (Å²) in [5.41, 5.74) is 0.987. The zero-order valence-electron chi connectivity index (χ0n) is 12.3. The van der Waals surface area contributed by atoms with Crippen LogP contribution in [0.1, 0.15) is 26.3 Å². The van der Waals surface area contributed by atoms with Crippen molar-refractivity contribution in [3.05, 3.63) is 36.0 Å². The van der Waals surface area contributed by atoms with Crippen molar-refractivity contribution >= 4 is 16.9 Å². The second-order valence-corrected chi connectivity index (χ2v) is 5.14. The largest absolute Gasteiger partial charge is 0.476 e. The molecule has 20 heavy (non-hydrogen) atoms. The van der Waals surface area contributed by atoms with Crippen LogP contribution in [0.25, 0.3) is 10.9 Å². The predicted molar refractivity (Wildman–Crippen MR) is 77.8 cm³/mol. The smallest absolute Gasteiger partial charge is 0.349 e. The average molecular weight is 273 g/mol. The molecule has 0 N–H and O–H groups in total. The fourth-order valence-electron chi connectivity index (χ4n) is 1.98. The normalized spacial score (nSPS) is 11.4. The molecule has 0 unspecified atom stereocenters. The number of fused-ring (bicyclic) bond motifs is 1. The Morgan fingerprint density at radius 1 is 1.30 bits per heavy atom.